The molecule has 134 valence electrons. The lowest BCUT2D eigenvalue weighted by molar-refractivity contribution is 0.132. The molecule has 0 amide bonds. The summed E-state index contributed by atoms with van der Waals surface area (Å²) < 4.78 is 0. The number of nitrogens with zero attached hydrogens (tertiary/aromatic N) is 4. The Bertz CT molecular complexity index is 523. The zero-order chi connectivity index (χ0) is 16.1. The molecular formula is C18H30IN5. The zero-order valence-electron chi connectivity index (χ0n) is 14.9. The largest absolute Gasteiger partial charge is 0.352 e. The number of benzene rings is 1. The predicted octanol–water partition coefficient (Wildman–Crippen LogP) is 1.83. The van der Waals surface area contributed by atoms with Gasteiger partial charge < -0.3 is 15.1 Å². The third kappa shape index (κ3) is 5.32. The van der Waals surface area contributed by atoms with Crippen molar-refractivity contribution in [1.29, 1.82) is 0 Å². The highest BCUT2D eigenvalue weighted by atomic mass is 127. The molecular weight excluding hydrogens is 413 g/mol. The summed E-state index contributed by atoms with van der Waals surface area (Å²) in [5, 5.41) is 3.42. The Labute approximate surface area is 163 Å². The standard InChI is InChI=1S/C18H29N5.HI/c1-3-22-10-12-23(13-11-22)15-17-6-4-16(5-7-17)14-20-18-19-8-9-21(18)2;/h4-7H,3,8-15H2,1-2H3,(H,19,20);1H. The molecule has 0 radical (unpaired) electrons. The third-order valence-corrected chi connectivity index (χ3v) is 4.85. The van der Waals surface area contributed by atoms with Gasteiger partial charge in [-0.15, -0.1) is 24.0 Å². The smallest absolute Gasteiger partial charge is 0.194 e. The van der Waals surface area contributed by atoms with E-state index < -0.39 is 0 Å². The van der Waals surface area contributed by atoms with Crippen molar-refractivity contribution in [1.82, 2.24) is 20.0 Å². The second-order valence-corrected chi connectivity index (χ2v) is 6.51. The maximum absolute atomic E-state index is 4.46. The highest BCUT2D eigenvalue weighted by Crippen LogP contribution is 2.10. The monoisotopic (exact) mass is 443 g/mol. The van der Waals surface area contributed by atoms with Crippen LogP contribution in [0.1, 0.15) is 18.1 Å². The molecule has 0 atom stereocenters. The molecule has 1 fully saturated rings. The summed E-state index contributed by atoms with van der Waals surface area (Å²) in [6.45, 7) is 12.0. The molecule has 2 heterocycles. The van der Waals surface area contributed by atoms with Crippen LogP contribution in [-0.2, 0) is 13.1 Å². The molecule has 1 aromatic carbocycles. The SMILES string of the molecule is CCN1CCN(Cc2ccc(CNC3=NCCN3C)cc2)CC1.I. The van der Waals surface area contributed by atoms with Crippen LogP contribution < -0.4 is 5.32 Å². The number of nitrogens with one attached hydrogen (secondary N) is 1. The Kier molecular flexibility index (Phi) is 7.77. The van der Waals surface area contributed by atoms with Crippen LogP contribution in [0.5, 0.6) is 0 Å². The van der Waals surface area contributed by atoms with Gasteiger partial charge >= 0.3 is 0 Å². The fraction of sp³-hybridized carbons (Fsp3) is 0.611. The van der Waals surface area contributed by atoms with E-state index in [0.717, 1.165) is 32.1 Å². The number of likely N-dealkylation sites (N-methyl/N-ethyl adjacent to an activating group) is 2. The molecule has 0 spiro atoms. The first-order valence-electron chi connectivity index (χ1n) is 8.76. The summed E-state index contributed by atoms with van der Waals surface area (Å²) in [4.78, 5) is 11.7. The van der Waals surface area contributed by atoms with Crippen molar-refractivity contribution in [3.05, 3.63) is 35.4 Å². The van der Waals surface area contributed by atoms with E-state index in [1.807, 2.05) is 0 Å². The van der Waals surface area contributed by atoms with Gasteiger partial charge in [0.1, 0.15) is 0 Å². The number of hydrogen-bond acceptors (Lipinski definition) is 5. The summed E-state index contributed by atoms with van der Waals surface area (Å²) in [6.07, 6.45) is 0. The number of hydrogen-bond donors (Lipinski definition) is 1. The van der Waals surface area contributed by atoms with Crippen molar-refractivity contribution in [2.45, 2.75) is 20.0 Å². The Morgan fingerprint density at radius 1 is 0.958 bits per heavy atom. The molecule has 6 heteroatoms. The second-order valence-electron chi connectivity index (χ2n) is 6.51. The van der Waals surface area contributed by atoms with Crippen molar-refractivity contribution in [3.8, 4) is 0 Å². The average Bonchev–Trinajstić information content (AvgIpc) is 3.00. The van der Waals surface area contributed by atoms with Crippen LogP contribution in [0.3, 0.4) is 0 Å². The Balaban J connectivity index is 0.00000208. The molecule has 0 saturated carbocycles. The van der Waals surface area contributed by atoms with Crippen molar-refractivity contribution in [2.24, 2.45) is 4.99 Å². The molecule has 0 aliphatic carbocycles. The van der Waals surface area contributed by atoms with Crippen LogP contribution >= 0.6 is 24.0 Å². The highest BCUT2D eigenvalue weighted by molar-refractivity contribution is 14.0. The van der Waals surface area contributed by atoms with Crippen LogP contribution in [0.25, 0.3) is 0 Å². The summed E-state index contributed by atoms with van der Waals surface area (Å²) in [5.41, 5.74) is 2.72. The first-order chi connectivity index (χ1) is 11.2. The molecule has 0 aromatic heterocycles. The first-order valence-corrected chi connectivity index (χ1v) is 8.76. The van der Waals surface area contributed by atoms with E-state index in [2.05, 4.69) is 63.2 Å². The Hall–Kier alpha value is -0.860. The Morgan fingerprint density at radius 3 is 2.17 bits per heavy atom. The molecule has 1 N–H and O–H groups in total. The van der Waals surface area contributed by atoms with Crippen LogP contribution in [0.2, 0.25) is 0 Å². The maximum Gasteiger partial charge on any atom is 0.194 e. The van der Waals surface area contributed by atoms with Crippen LogP contribution in [0.15, 0.2) is 29.3 Å². The van der Waals surface area contributed by atoms with Gasteiger partial charge in [-0.05, 0) is 17.7 Å². The van der Waals surface area contributed by atoms with Gasteiger partial charge in [0.05, 0.1) is 6.54 Å². The number of halogens is 1. The lowest BCUT2D eigenvalue weighted by Crippen LogP contribution is -2.45. The highest BCUT2D eigenvalue weighted by Gasteiger charge is 2.15. The van der Waals surface area contributed by atoms with Crippen LogP contribution in [-0.4, -0.2) is 73.5 Å². The van der Waals surface area contributed by atoms with Gasteiger partial charge in [0.15, 0.2) is 5.96 Å². The van der Waals surface area contributed by atoms with E-state index in [1.54, 1.807) is 0 Å². The van der Waals surface area contributed by atoms with Gasteiger partial charge in [0.2, 0.25) is 0 Å². The number of aliphatic imine (C=N–C) groups is 1. The number of guanidine groups is 1. The normalized spacial score (nSPS) is 19.1. The van der Waals surface area contributed by atoms with Crippen molar-refractivity contribution in [3.63, 3.8) is 0 Å². The van der Waals surface area contributed by atoms with E-state index in [4.69, 9.17) is 0 Å². The van der Waals surface area contributed by atoms with Crippen molar-refractivity contribution in [2.75, 3.05) is 52.9 Å². The fourth-order valence-corrected chi connectivity index (χ4v) is 3.19. The molecule has 24 heavy (non-hydrogen) atoms. The first kappa shape index (κ1) is 19.5. The molecule has 1 saturated heterocycles. The minimum atomic E-state index is 0. The van der Waals surface area contributed by atoms with E-state index in [0.29, 0.717) is 0 Å². The molecule has 2 aliphatic rings. The summed E-state index contributed by atoms with van der Waals surface area (Å²) >= 11 is 0. The van der Waals surface area contributed by atoms with Gasteiger partial charge in [-0.3, -0.25) is 9.89 Å². The average molecular weight is 443 g/mol. The predicted molar refractivity (Wildman–Crippen MR) is 111 cm³/mol. The number of rotatable bonds is 5. The van der Waals surface area contributed by atoms with Gasteiger partial charge in [-0.25, -0.2) is 0 Å². The van der Waals surface area contributed by atoms with E-state index in [1.165, 1.54) is 43.9 Å². The quantitative estimate of drug-likeness (QED) is 0.705. The lowest BCUT2D eigenvalue weighted by atomic mass is 10.1. The summed E-state index contributed by atoms with van der Waals surface area (Å²) in [6, 6.07) is 9.01. The number of piperazine rings is 1. The summed E-state index contributed by atoms with van der Waals surface area (Å²) in [5.74, 6) is 1.02. The van der Waals surface area contributed by atoms with Crippen LogP contribution in [0.4, 0.5) is 0 Å². The van der Waals surface area contributed by atoms with Gasteiger partial charge in [0.25, 0.3) is 0 Å². The molecule has 1 aromatic rings. The fourth-order valence-electron chi connectivity index (χ4n) is 3.19. The van der Waals surface area contributed by atoms with E-state index >= 15 is 0 Å². The van der Waals surface area contributed by atoms with Gasteiger partial charge in [-0.2, -0.15) is 0 Å². The summed E-state index contributed by atoms with van der Waals surface area (Å²) in [7, 11) is 2.08. The molecule has 3 rings (SSSR count). The van der Waals surface area contributed by atoms with Gasteiger partial charge in [0, 0.05) is 52.9 Å². The molecule has 5 nitrogen and oxygen atoms in total. The zero-order valence-corrected chi connectivity index (χ0v) is 17.2. The van der Waals surface area contributed by atoms with E-state index in [9.17, 15) is 0 Å². The van der Waals surface area contributed by atoms with Crippen molar-refractivity contribution >= 4 is 29.9 Å². The van der Waals surface area contributed by atoms with Gasteiger partial charge in [-0.1, -0.05) is 31.2 Å². The molecule has 0 bridgehead atoms. The third-order valence-electron chi connectivity index (χ3n) is 4.85. The van der Waals surface area contributed by atoms with E-state index in [-0.39, 0.29) is 24.0 Å². The van der Waals surface area contributed by atoms with Crippen LogP contribution in [0, 0.1) is 0 Å². The second kappa shape index (κ2) is 9.58. The van der Waals surface area contributed by atoms with Crippen molar-refractivity contribution < 1.29 is 0 Å². The minimum Gasteiger partial charge on any atom is -0.352 e. The maximum atomic E-state index is 4.46. The topological polar surface area (TPSA) is 34.1 Å². The molecule has 2 aliphatic heterocycles. The lowest BCUT2D eigenvalue weighted by Gasteiger charge is -2.34. The molecule has 0 unspecified atom stereocenters. The Morgan fingerprint density at radius 2 is 1.58 bits per heavy atom. The minimum absolute atomic E-state index is 0.